The zero-order valence-electron chi connectivity index (χ0n) is 11.9. The van der Waals surface area contributed by atoms with Crippen molar-refractivity contribution < 1.29 is 9.59 Å². The first kappa shape index (κ1) is 13.5. The number of anilines is 1. The summed E-state index contributed by atoms with van der Waals surface area (Å²) in [4.78, 5) is 28.0. The van der Waals surface area contributed by atoms with Crippen molar-refractivity contribution in [1.29, 1.82) is 0 Å². The third-order valence-corrected chi connectivity index (χ3v) is 3.86. The van der Waals surface area contributed by atoms with Crippen LogP contribution in [-0.2, 0) is 17.8 Å². The van der Waals surface area contributed by atoms with Crippen molar-refractivity contribution in [3.63, 3.8) is 0 Å². The Balaban J connectivity index is 1.70. The third kappa shape index (κ3) is 2.86. The molecule has 0 saturated heterocycles. The van der Waals surface area contributed by atoms with Crippen LogP contribution < -0.4 is 5.32 Å². The molecule has 0 saturated carbocycles. The average Bonchev–Trinajstić information content (AvgIpc) is 2.94. The summed E-state index contributed by atoms with van der Waals surface area (Å²) in [5.74, 6) is 0.871. The van der Waals surface area contributed by atoms with E-state index >= 15 is 0 Å². The number of benzene rings is 1. The highest BCUT2D eigenvalue weighted by molar-refractivity contribution is 5.97. The van der Waals surface area contributed by atoms with Crippen LogP contribution in [0.15, 0.2) is 36.7 Å². The Morgan fingerprint density at radius 1 is 1.38 bits per heavy atom. The van der Waals surface area contributed by atoms with E-state index in [2.05, 4.69) is 14.9 Å². The topological polar surface area (TPSA) is 64.0 Å². The number of hydrogen-bond acceptors (Lipinski definition) is 3. The number of fused-ring (bicyclic) bond motifs is 1. The number of Topliss-reactive ketones (excluding diaryl/α,β-unsaturated/α-hetero) is 1. The molecule has 5 nitrogen and oxygen atoms in total. The average molecular weight is 283 g/mol. The van der Waals surface area contributed by atoms with Crippen LogP contribution in [0.2, 0.25) is 0 Å². The van der Waals surface area contributed by atoms with Gasteiger partial charge in [0.25, 0.3) is 0 Å². The van der Waals surface area contributed by atoms with Crippen molar-refractivity contribution in [2.24, 2.45) is 5.92 Å². The number of imidazole rings is 1. The number of ketones is 1. The molecule has 0 radical (unpaired) electrons. The summed E-state index contributed by atoms with van der Waals surface area (Å²) < 4.78 is 2.08. The van der Waals surface area contributed by atoms with Crippen LogP contribution in [0.25, 0.3) is 0 Å². The molecule has 1 N–H and O–H groups in total. The molecule has 0 bridgehead atoms. The molecular formula is C16H17N3O2. The number of hydrogen-bond donors (Lipinski definition) is 1. The van der Waals surface area contributed by atoms with E-state index < -0.39 is 0 Å². The number of rotatable bonds is 3. The number of nitrogens with one attached hydrogen (secondary N) is 1. The van der Waals surface area contributed by atoms with Gasteiger partial charge >= 0.3 is 0 Å². The van der Waals surface area contributed by atoms with Gasteiger partial charge in [0, 0.05) is 42.5 Å². The van der Waals surface area contributed by atoms with Gasteiger partial charge < -0.3 is 9.88 Å². The van der Waals surface area contributed by atoms with Gasteiger partial charge in [-0.15, -0.1) is 0 Å². The number of aryl methyl sites for hydroxylation is 1. The van der Waals surface area contributed by atoms with E-state index in [1.165, 1.54) is 6.92 Å². The van der Waals surface area contributed by atoms with E-state index in [1.807, 2.05) is 6.20 Å². The maximum atomic E-state index is 12.3. The van der Waals surface area contributed by atoms with Gasteiger partial charge in [-0.05, 0) is 25.5 Å². The predicted octanol–water partition coefficient (Wildman–Crippen LogP) is 2.29. The zero-order chi connectivity index (χ0) is 14.8. The molecule has 1 unspecified atom stereocenters. The van der Waals surface area contributed by atoms with E-state index in [4.69, 9.17) is 0 Å². The number of aromatic nitrogens is 2. The minimum absolute atomic E-state index is 0.00853. The van der Waals surface area contributed by atoms with Gasteiger partial charge in [0.2, 0.25) is 5.91 Å². The minimum Gasteiger partial charge on any atom is -0.335 e. The lowest BCUT2D eigenvalue weighted by Crippen LogP contribution is -2.30. The van der Waals surface area contributed by atoms with Crippen molar-refractivity contribution in [1.82, 2.24) is 9.55 Å². The second-order valence-electron chi connectivity index (χ2n) is 5.35. The molecule has 108 valence electrons. The first-order chi connectivity index (χ1) is 10.1. The van der Waals surface area contributed by atoms with Crippen molar-refractivity contribution in [3.05, 3.63) is 48.0 Å². The molecular weight excluding hydrogens is 266 g/mol. The molecule has 1 aromatic carbocycles. The Hall–Kier alpha value is -2.43. The highest BCUT2D eigenvalue weighted by atomic mass is 16.2. The molecule has 1 amide bonds. The first-order valence-corrected chi connectivity index (χ1v) is 7.05. The lowest BCUT2D eigenvalue weighted by atomic mass is 9.96. The van der Waals surface area contributed by atoms with Crippen molar-refractivity contribution in [2.75, 3.05) is 5.32 Å². The number of amides is 1. The fourth-order valence-corrected chi connectivity index (χ4v) is 2.64. The van der Waals surface area contributed by atoms with Crippen LogP contribution in [0.3, 0.4) is 0 Å². The quantitative estimate of drug-likeness (QED) is 0.879. The Morgan fingerprint density at radius 3 is 3.05 bits per heavy atom. The molecule has 0 fully saturated rings. The van der Waals surface area contributed by atoms with Gasteiger partial charge in [0.15, 0.2) is 5.78 Å². The van der Waals surface area contributed by atoms with E-state index in [1.54, 1.807) is 30.5 Å². The standard InChI is InChI=1S/C16H17N3O2/c1-11(20)12-3-2-4-14(9-12)18-16(21)13-5-7-19-8-6-17-15(19)10-13/h2-4,6,8-9,13H,5,7,10H2,1H3,(H,18,21). The van der Waals surface area contributed by atoms with Gasteiger partial charge in [-0.25, -0.2) is 4.98 Å². The predicted molar refractivity (Wildman–Crippen MR) is 79.1 cm³/mol. The molecule has 21 heavy (non-hydrogen) atoms. The second-order valence-corrected chi connectivity index (χ2v) is 5.35. The summed E-state index contributed by atoms with van der Waals surface area (Å²) in [7, 11) is 0. The van der Waals surface area contributed by atoms with E-state index in [0.29, 0.717) is 17.7 Å². The molecule has 0 aliphatic carbocycles. The summed E-state index contributed by atoms with van der Waals surface area (Å²) in [5, 5.41) is 2.90. The van der Waals surface area contributed by atoms with Gasteiger partial charge in [0.1, 0.15) is 5.82 Å². The number of nitrogens with zero attached hydrogens (tertiary/aromatic N) is 2. The largest absolute Gasteiger partial charge is 0.335 e. The molecule has 1 atom stereocenters. The molecule has 5 heteroatoms. The fourth-order valence-electron chi connectivity index (χ4n) is 2.64. The Bertz CT molecular complexity index is 690. The summed E-state index contributed by atoms with van der Waals surface area (Å²) in [6.45, 7) is 2.34. The SMILES string of the molecule is CC(=O)c1cccc(NC(=O)C2CCn3ccnc3C2)c1. The van der Waals surface area contributed by atoms with Gasteiger partial charge in [-0.3, -0.25) is 9.59 Å². The lowest BCUT2D eigenvalue weighted by Gasteiger charge is -2.22. The van der Waals surface area contributed by atoms with Crippen molar-refractivity contribution >= 4 is 17.4 Å². The van der Waals surface area contributed by atoms with E-state index in [9.17, 15) is 9.59 Å². The lowest BCUT2D eigenvalue weighted by molar-refractivity contribution is -0.120. The molecule has 2 heterocycles. The first-order valence-electron chi connectivity index (χ1n) is 7.05. The second kappa shape index (κ2) is 5.52. The number of carbonyl (C=O) groups excluding carboxylic acids is 2. The van der Waals surface area contributed by atoms with Crippen LogP contribution >= 0.6 is 0 Å². The van der Waals surface area contributed by atoms with E-state index in [0.717, 1.165) is 18.8 Å². The van der Waals surface area contributed by atoms with Crippen molar-refractivity contribution in [2.45, 2.75) is 26.3 Å². The molecule has 2 aromatic rings. The molecule has 1 aliphatic rings. The van der Waals surface area contributed by atoms with Gasteiger partial charge in [0.05, 0.1) is 0 Å². The van der Waals surface area contributed by atoms with Crippen LogP contribution in [0.5, 0.6) is 0 Å². The summed E-state index contributed by atoms with van der Waals surface area (Å²) in [6, 6.07) is 7.04. The van der Waals surface area contributed by atoms with Gasteiger partial charge in [-0.1, -0.05) is 12.1 Å². The summed E-state index contributed by atoms with van der Waals surface area (Å²) >= 11 is 0. The normalized spacial score (nSPS) is 17.1. The van der Waals surface area contributed by atoms with Crippen LogP contribution in [0.1, 0.15) is 29.5 Å². The number of carbonyl (C=O) groups is 2. The highest BCUT2D eigenvalue weighted by Crippen LogP contribution is 2.21. The van der Waals surface area contributed by atoms with Crippen molar-refractivity contribution in [3.8, 4) is 0 Å². The minimum atomic E-state index is -0.0686. The maximum Gasteiger partial charge on any atom is 0.228 e. The Morgan fingerprint density at radius 2 is 2.24 bits per heavy atom. The molecule has 1 aliphatic heterocycles. The monoisotopic (exact) mass is 283 g/mol. The summed E-state index contributed by atoms with van der Waals surface area (Å²) in [6.07, 6.45) is 5.18. The Labute approximate surface area is 123 Å². The van der Waals surface area contributed by atoms with Crippen LogP contribution in [-0.4, -0.2) is 21.2 Å². The summed E-state index contributed by atoms with van der Waals surface area (Å²) in [5.41, 5.74) is 1.27. The Kier molecular flexibility index (Phi) is 3.56. The fraction of sp³-hybridized carbons (Fsp3) is 0.312. The third-order valence-electron chi connectivity index (χ3n) is 3.86. The van der Waals surface area contributed by atoms with Gasteiger partial charge in [-0.2, -0.15) is 0 Å². The zero-order valence-corrected chi connectivity index (χ0v) is 11.9. The molecule has 1 aromatic heterocycles. The van der Waals surface area contributed by atoms with E-state index in [-0.39, 0.29) is 17.6 Å². The maximum absolute atomic E-state index is 12.3. The van der Waals surface area contributed by atoms with Crippen LogP contribution in [0.4, 0.5) is 5.69 Å². The molecule has 3 rings (SSSR count). The van der Waals surface area contributed by atoms with Crippen LogP contribution in [0, 0.1) is 5.92 Å². The smallest absolute Gasteiger partial charge is 0.228 e. The molecule has 0 spiro atoms. The highest BCUT2D eigenvalue weighted by Gasteiger charge is 2.25.